The second kappa shape index (κ2) is 7.61. The third-order valence-corrected chi connectivity index (χ3v) is 4.64. The summed E-state index contributed by atoms with van der Waals surface area (Å²) in [4.78, 5) is 5.06. The summed E-state index contributed by atoms with van der Waals surface area (Å²) in [6.07, 6.45) is 3.97. The van der Waals surface area contributed by atoms with Crippen molar-refractivity contribution in [3.05, 3.63) is 0 Å². The van der Waals surface area contributed by atoms with E-state index in [-0.39, 0.29) is 0 Å². The van der Waals surface area contributed by atoms with E-state index in [1.54, 1.807) is 0 Å². The van der Waals surface area contributed by atoms with E-state index in [0.29, 0.717) is 11.5 Å². The lowest BCUT2D eigenvalue weighted by atomic mass is 9.86. The second-order valence-corrected chi connectivity index (χ2v) is 7.17. The smallest absolute Gasteiger partial charge is 0.0220 e. The van der Waals surface area contributed by atoms with Crippen molar-refractivity contribution >= 4 is 0 Å². The molecule has 1 saturated heterocycles. The summed E-state index contributed by atoms with van der Waals surface area (Å²) in [5.41, 5.74) is 0.385. The first kappa shape index (κ1) is 16.9. The monoisotopic (exact) mass is 269 g/mol. The lowest BCUT2D eigenvalue weighted by Crippen LogP contribution is -2.45. The minimum Gasteiger partial charge on any atom is -0.314 e. The predicted molar refractivity (Wildman–Crippen MR) is 84.7 cm³/mol. The molecule has 0 amide bonds. The highest BCUT2D eigenvalue weighted by Gasteiger charge is 2.27. The molecule has 3 heteroatoms. The topological polar surface area (TPSA) is 18.5 Å². The van der Waals surface area contributed by atoms with Crippen molar-refractivity contribution in [2.24, 2.45) is 5.41 Å². The van der Waals surface area contributed by atoms with Gasteiger partial charge in [-0.15, -0.1) is 0 Å². The summed E-state index contributed by atoms with van der Waals surface area (Å²) in [5, 5.41) is 3.61. The van der Waals surface area contributed by atoms with Gasteiger partial charge in [0.15, 0.2) is 0 Å². The van der Waals surface area contributed by atoms with E-state index < -0.39 is 0 Å². The number of likely N-dealkylation sites (N-methyl/N-ethyl adjacent to an activating group) is 2. The maximum Gasteiger partial charge on any atom is 0.0220 e. The standard InChI is InChI=1S/C16H35N3/c1-7-16(4,12-17-14(2)3)13-18(5)11-15-9-8-10-19(15)6/h14-15,17H,7-13H2,1-6H3. The molecule has 0 aromatic carbocycles. The maximum absolute atomic E-state index is 3.61. The summed E-state index contributed by atoms with van der Waals surface area (Å²) in [6.45, 7) is 14.0. The van der Waals surface area contributed by atoms with Crippen molar-refractivity contribution in [2.75, 3.05) is 40.3 Å². The predicted octanol–water partition coefficient (Wildman–Crippen LogP) is 2.43. The minimum atomic E-state index is 0.385. The van der Waals surface area contributed by atoms with Crippen LogP contribution in [-0.2, 0) is 0 Å². The second-order valence-electron chi connectivity index (χ2n) is 7.17. The molecule has 0 aromatic rings. The Morgan fingerprint density at radius 2 is 2.11 bits per heavy atom. The average Bonchev–Trinajstić information content (AvgIpc) is 2.72. The summed E-state index contributed by atoms with van der Waals surface area (Å²) in [5.74, 6) is 0. The SMILES string of the molecule is CCC(C)(CNC(C)C)CN(C)CC1CCCN1C. The highest BCUT2D eigenvalue weighted by molar-refractivity contribution is 4.83. The van der Waals surface area contributed by atoms with Gasteiger partial charge in [0, 0.05) is 31.7 Å². The number of likely N-dealkylation sites (tertiary alicyclic amines) is 1. The maximum atomic E-state index is 3.61. The number of rotatable bonds is 8. The van der Waals surface area contributed by atoms with E-state index in [2.05, 4.69) is 56.9 Å². The molecule has 0 aromatic heterocycles. The normalized spacial score (nSPS) is 24.3. The van der Waals surface area contributed by atoms with Crippen LogP contribution >= 0.6 is 0 Å². The summed E-state index contributed by atoms with van der Waals surface area (Å²) in [7, 11) is 4.56. The Morgan fingerprint density at radius 3 is 2.58 bits per heavy atom. The lowest BCUT2D eigenvalue weighted by Gasteiger charge is -2.36. The molecule has 1 N–H and O–H groups in total. The molecule has 1 fully saturated rings. The van der Waals surface area contributed by atoms with E-state index in [0.717, 1.165) is 12.6 Å². The van der Waals surface area contributed by atoms with Crippen molar-refractivity contribution in [3.8, 4) is 0 Å². The fraction of sp³-hybridized carbons (Fsp3) is 1.00. The van der Waals surface area contributed by atoms with Gasteiger partial charge in [-0.05, 0) is 45.3 Å². The van der Waals surface area contributed by atoms with Crippen molar-refractivity contribution in [1.82, 2.24) is 15.1 Å². The van der Waals surface area contributed by atoms with Gasteiger partial charge in [0.05, 0.1) is 0 Å². The highest BCUT2D eigenvalue weighted by Crippen LogP contribution is 2.23. The van der Waals surface area contributed by atoms with Crippen molar-refractivity contribution < 1.29 is 0 Å². The first-order valence-electron chi connectivity index (χ1n) is 7.98. The Bertz CT molecular complexity index is 254. The zero-order valence-corrected chi connectivity index (χ0v) is 14.0. The Hall–Kier alpha value is -0.120. The van der Waals surface area contributed by atoms with Crippen molar-refractivity contribution in [3.63, 3.8) is 0 Å². The molecule has 2 atom stereocenters. The van der Waals surface area contributed by atoms with Gasteiger partial charge in [0.25, 0.3) is 0 Å². The molecule has 1 heterocycles. The third-order valence-electron chi connectivity index (χ3n) is 4.64. The van der Waals surface area contributed by atoms with E-state index >= 15 is 0 Å². The van der Waals surface area contributed by atoms with Crippen LogP contribution in [0.1, 0.15) is 47.0 Å². The first-order valence-corrected chi connectivity index (χ1v) is 7.98. The molecule has 2 unspecified atom stereocenters. The van der Waals surface area contributed by atoms with Crippen molar-refractivity contribution in [1.29, 1.82) is 0 Å². The molecule has 0 saturated carbocycles. The van der Waals surface area contributed by atoms with E-state index in [4.69, 9.17) is 0 Å². The molecule has 0 spiro atoms. The largest absolute Gasteiger partial charge is 0.314 e. The lowest BCUT2D eigenvalue weighted by molar-refractivity contribution is 0.147. The molecular formula is C16H35N3. The van der Waals surface area contributed by atoms with Crippen LogP contribution in [0.5, 0.6) is 0 Å². The van der Waals surface area contributed by atoms with Gasteiger partial charge in [-0.2, -0.15) is 0 Å². The summed E-state index contributed by atoms with van der Waals surface area (Å²) >= 11 is 0. The van der Waals surface area contributed by atoms with Crippen LogP contribution in [0.3, 0.4) is 0 Å². The van der Waals surface area contributed by atoms with Gasteiger partial charge < -0.3 is 15.1 Å². The van der Waals surface area contributed by atoms with Gasteiger partial charge in [-0.3, -0.25) is 0 Å². The molecular weight excluding hydrogens is 234 g/mol. The molecule has 0 aliphatic carbocycles. The summed E-state index contributed by atoms with van der Waals surface area (Å²) < 4.78 is 0. The van der Waals surface area contributed by atoms with Gasteiger partial charge >= 0.3 is 0 Å². The molecule has 0 bridgehead atoms. The van der Waals surface area contributed by atoms with Gasteiger partial charge in [0.1, 0.15) is 0 Å². The molecule has 1 aliphatic rings. The van der Waals surface area contributed by atoms with Crippen LogP contribution in [0.25, 0.3) is 0 Å². The molecule has 19 heavy (non-hydrogen) atoms. The zero-order chi connectivity index (χ0) is 14.5. The van der Waals surface area contributed by atoms with Crippen LogP contribution in [0.4, 0.5) is 0 Å². The number of nitrogens with one attached hydrogen (secondary N) is 1. The molecule has 0 radical (unpaired) electrons. The molecule has 3 nitrogen and oxygen atoms in total. The summed E-state index contributed by atoms with van der Waals surface area (Å²) in [6, 6.07) is 1.35. The van der Waals surface area contributed by atoms with Crippen LogP contribution in [-0.4, -0.2) is 62.2 Å². The fourth-order valence-electron chi connectivity index (χ4n) is 3.03. The Morgan fingerprint density at radius 1 is 1.42 bits per heavy atom. The van der Waals surface area contributed by atoms with Gasteiger partial charge in [0.2, 0.25) is 0 Å². The van der Waals surface area contributed by atoms with Gasteiger partial charge in [-0.25, -0.2) is 0 Å². The molecule has 1 aliphatic heterocycles. The van der Waals surface area contributed by atoms with Crippen LogP contribution < -0.4 is 5.32 Å². The molecule has 114 valence electrons. The Balaban J connectivity index is 2.40. The zero-order valence-electron chi connectivity index (χ0n) is 14.0. The molecule has 1 rings (SSSR count). The quantitative estimate of drug-likeness (QED) is 0.730. The third kappa shape index (κ3) is 5.80. The number of hydrogen-bond donors (Lipinski definition) is 1. The first-order chi connectivity index (χ1) is 8.86. The fourth-order valence-corrected chi connectivity index (χ4v) is 3.03. The Labute approximate surface area is 120 Å². The van der Waals surface area contributed by atoms with Crippen LogP contribution in [0.15, 0.2) is 0 Å². The van der Waals surface area contributed by atoms with Gasteiger partial charge in [-0.1, -0.05) is 27.7 Å². The van der Waals surface area contributed by atoms with E-state index in [9.17, 15) is 0 Å². The Kier molecular flexibility index (Phi) is 6.78. The van der Waals surface area contributed by atoms with Crippen LogP contribution in [0, 0.1) is 5.41 Å². The average molecular weight is 269 g/mol. The van der Waals surface area contributed by atoms with Crippen LogP contribution in [0.2, 0.25) is 0 Å². The number of nitrogens with zero attached hydrogens (tertiary/aromatic N) is 2. The van der Waals surface area contributed by atoms with E-state index in [1.165, 1.54) is 38.9 Å². The minimum absolute atomic E-state index is 0.385. The number of hydrogen-bond acceptors (Lipinski definition) is 3. The van der Waals surface area contributed by atoms with E-state index in [1.807, 2.05) is 0 Å². The highest BCUT2D eigenvalue weighted by atomic mass is 15.2. The van der Waals surface area contributed by atoms with Crippen molar-refractivity contribution in [2.45, 2.75) is 59.0 Å².